The number of aliphatic hydroxyl groups is 5. The molecule has 3 aliphatic rings. The number of amides is 2. The molecule has 2 amide bonds. The SMILES string of the molecule is COc1ccc([Si](C)(C)[C@@H]2[C@@H](CCn3cc(CCO)nn3)O[C@]3(C(=O)N(Cc4cccc(NC(=O)[C@H]5O[C@@H](O)[C@H](O)[C@@H](O)[C@@H]5O)c4)c4ccccc43)[C@H]2C)cc1. The highest BCUT2D eigenvalue weighted by Gasteiger charge is 2.66. The summed E-state index contributed by atoms with van der Waals surface area (Å²) in [5.74, 6) is -0.472. The minimum Gasteiger partial charge on any atom is -0.497 e. The molecule has 0 aliphatic carbocycles. The zero-order valence-corrected chi connectivity index (χ0v) is 32.7. The standard InChI is InChI=1S/C40H49N5O10Si/c1-23-36(56(3,4)28-14-12-27(53-2)13-15-28)31(16-18-44-22-26(17-19-46)42-43-44)55-40(23)29-10-5-6-11-30(29)45(39(40)52)21-24-8-7-9-25(20-24)41-37(50)35-33(48)32(47)34(49)38(51)54-35/h5-15,20,22-23,31-36,38,46-49,51H,16-19,21H2,1-4H3,(H,41,50)/t23-,31+,32-,33-,34+,35-,36-,38+,40+/m0/s1. The number of methoxy groups -OCH3 is 1. The van der Waals surface area contributed by atoms with Crippen molar-refractivity contribution in [3.8, 4) is 5.75 Å². The molecular weight excluding hydrogens is 739 g/mol. The van der Waals surface area contributed by atoms with Gasteiger partial charge in [-0.25, -0.2) is 0 Å². The summed E-state index contributed by atoms with van der Waals surface area (Å²) in [5.41, 5.74) is 1.98. The van der Waals surface area contributed by atoms with Crippen LogP contribution in [0.3, 0.4) is 0 Å². The molecule has 6 N–H and O–H groups in total. The summed E-state index contributed by atoms with van der Waals surface area (Å²) in [4.78, 5) is 30.0. The Kier molecular flexibility index (Phi) is 11.2. The number of anilines is 2. The molecule has 15 nitrogen and oxygen atoms in total. The number of aryl methyl sites for hydroxylation is 1. The molecule has 0 bridgehead atoms. The molecule has 3 aromatic carbocycles. The molecule has 0 unspecified atom stereocenters. The van der Waals surface area contributed by atoms with Crippen molar-refractivity contribution < 1.29 is 49.3 Å². The fraction of sp³-hybridized carbons (Fsp3) is 0.450. The van der Waals surface area contributed by atoms with E-state index in [-0.39, 0.29) is 36.6 Å². The van der Waals surface area contributed by atoms with Crippen LogP contribution in [0.25, 0.3) is 0 Å². The lowest BCUT2D eigenvalue weighted by molar-refractivity contribution is -0.274. The summed E-state index contributed by atoms with van der Waals surface area (Å²) in [6, 6.07) is 22.8. The summed E-state index contributed by atoms with van der Waals surface area (Å²) in [6.45, 7) is 7.42. The van der Waals surface area contributed by atoms with Gasteiger partial charge in [0.1, 0.15) is 24.1 Å². The fourth-order valence-electron chi connectivity index (χ4n) is 8.85. The van der Waals surface area contributed by atoms with E-state index in [9.17, 15) is 30.3 Å². The van der Waals surface area contributed by atoms with E-state index in [1.165, 1.54) is 5.19 Å². The zero-order valence-electron chi connectivity index (χ0n) is 31.7. The second-order valence-corrected chi connectivity index (χ2v) is 20.1. The molecule has 1 spiro atoms. The number of ether oxygens (including phenoxy) is 3. The monoisotopic (exact) mass is 787 g/mol. The van der Waals surface area contributed by atoms with Gasteiger partial charge < -0.3 is 50.0 Å². The Labute approximate surface area is 325 Å². The van der Waals surface area contributed by atoms with E-state index in [1.807, 2.05) is 48.7 Å². The van der Waals surface area contributed by atoms with Crippen LogP contribution in [0.5, 0.6) is 5.75 Å². The van der Waals surface area contributed by atoms with Gasteiger partial charge in [0.05, 0.1) is 39.2 Å². The second kappa shape index (κ2) is 15.8. The Balaban J connectivity index is 1.18. The van der Waals surface area contributed by atoms with Crippen LogP contribution in [-0.4, -0.2) is 111 Å². The molecule has 4 heterocycles. The number of hydrogen-bond acceptors (Lipinski definition) is 12. The average Bonchev–Trinajstić information content (AvgIpc) is 3.84. The van der Waals surface area contributed by atoms with Crippen LogP contribution in [0.15, 0.2) is 79.0 Å². The van der Waals surface area contributed by atoms with Crippen LogP contribution in [0.1, 0.15) is 30.2 Å². The fourth-order valence-corrected chi connectivity index (χ4v) is 12.9. The molecule has 2 saturated heterocycles. The quantitative estimate of drug-likeness (QED) is 0.113. The minimum absolute atomic E-state index is 0.00216. The topological polar surface area (TPSA) is 209 Å². The van der Waals surface area contributed by atoms with Gasteiger partial charge in [-0.2, -0.15) is 0 Å². The number of benzene rings is 3. The van der Waals surface area contributed by atoms with E-state index >= 15 is 4.79 Å². The maximum Gasteiger partial charge on any atom is 0.264 e. The van der Waals surface area contributed by atoms with Gasteiger partial charge >= 0.3 is 0 Å². The lowest BCUT2D eigenvalue weighted by atomic mass is 9.82. The normalized spacial score (nSPS) is 28.8. The summed E-state index contributed by atoms with van der Waals surface area (Å²) >= 11 is 0. The van der Waals surface area contributed by atoms with Crippen LogP contribution in [0, 0.1) is 5.92 Å². The minimum atomic E-state index is -2.39. The van der Waals surface area contributed by atoms with Gasteiger partial charge in [0, 0.05) is 42.9 Å². The molecule has 7 rings (SSSR count). The Hall–Kier alpha value is -4.52. The van der Waals surface area contributed by atoms with Crippen LogP contribution in [0.2, 0.25) is 18.6 Å². The zero-order chi connectivity index (χ0) is 39.9. The van der Waals surface area contributed by atoms with Crippen molar-refractivity contribution in [1.29, 1.82) is 0 Å². The number of nitrogens with one attached hydrogen (secondary N) is 1. The number of aliphatic hydroxyl groups excluding tert-OH is 5. The van der Waals surface area contributed by atoms with E-state index in [0.717, 1.165) is 17.0 Å². The number of hydrogen-bond donors (Lipinski definition) is 6. The third-order valence-corrected chi connectivity index (χ3v) is 16.1. The lowest BCUT2D eigenvalue weighted by Crippen LogP contribution is -2.60. The molecule has 16 heteroatoms. The summed E-state index contributed by atoms with van der Waals surface area (Å²) in [6.07, 6.45) is -6.32. The van der Waals surface area contributed by atoms with Crippen LogP contribution < -0.4 is 20.1 Å². The van der Waals surface area contributed by atoms with Gasteiger partial charge in [-0.1, -0.05) is 72.9 Å². The number of rotatable bonds is 12. The van der Waals surface area contributed by atoms with Crippen molar-refractivity contribution in [3.63, 3.8) is 0 Å². The van der Waals surface area contributed by atoms with Crippen molar-refractivity contribution in [3.05, 3.63) is 95.8 Å². The molecule has 9 atom stereocenters. The van der Waals surface area contributed by atoms with Crippen molar-refractivity contribution >= 4 is 36.4 Å². The molecule has 0 saturated carbocycles. The molecule has 3 aliphatic heterocycles. The van der Waals surface area contributed by atoms with Crippen molar-refractivity contribution in [2.75, 3.05) is 23.9 Å². The molecule has 0 radical (unpaired) electrons. The first-order chi connectivity index (χ1) is 26.8. The Bertz CT molecular complexity index is 2050. The first-order valence-corrected chi connectivity index (χ1v) is 21.9. The molecule has 298 valence electrons. The number of carbonyl (C=O) groups excluding carboxylic acids is 2. The van der Waals surface area contributed by atoms with Crippen molar-refractivity contribution in [1.82, 2.24) is 15.0 Å². The summed E-state index contributed by atoms with van der Waals surface area (Å²) < 4.78 is 19.5. The largest absolute Gasteiger partial charge is 0.497 e. The molecule has 4 aromatic rings. The number of carbonyl (C=O) groups is 2. The Morgan fingerprint density at radius 1 is 1.00 bits per heavy atom. The van der Waals surface area contributed by atoms with Gasteiger partial charge in [0.2, 0.25) is 0 Å². The van der Waals surface area contributed by atoms with Crippen LogP contribution in [-0.2, 0) is 44.2 Å². The highest BCUT2D eigenvalue weighted by atomic mass is 28.3. The molecular formula is C40H49N5O10Si. The smallest absolute Gasteiger partial charge is 0.264 e. The lowest BCUT2D eigenvalue weighted by Gasteiger charge is -2.37. The van der Waals surface area contributed by atoms with E-state index in [2.05, 4.69) is 47.8 Å². The van der Waals surface area contributed by atoms with Crippen LogP contribution in [0.4, 0.5) is 11.4 Å². The van der Waals surface area contributed by atoms with Crippen LogP contribution >= 0.6 is 0 Å². The summed E-state index contributed by atoms with van der Waals surface area (Å²) in [7, 11) is -0.750. The number of aromatic nitrogens is 3. The van der Waals surface area contributed by atoms with E-state index in [1.54, 1.807) is 34.9 Å². The second-order valence-electron chi connectivity index (χ2n) is 15.4. The predicted molar refractivity (Wildman–Crippen MR) is 207 cm³/mol. The van der Waals surface area contributed by atoms with Gasteiger partial charge in [0.25, 0.3) is 11.8 Å². The van der Waals surface area contributed by atoms with Crippen molar-refractivity contribution in [2.24, 2.45) is 5.92 Å². The van der Waals surface area contributed by atoms with Crippen molar-refractivity contribution in [2.45, 2.75) is 93.9 Å². The van der Waals surface area contributed by atoms with Gasteiger partial charge in [-0.3, -0.25) is 14.3 Å². The third-order valence-electron chi connectivity index (χ3n) is 11.7. The maximum absolute atomic E-state index is 15.1. The van der Waals surface area contributed by atoms with E-state index < -0.39 is 50.3 Å². The first-order valence-electron chi connectivity index (χ1n) is 18.8. The van der Waals surface area contributed by atoms with E-state index in [0.29, 0.717) is 36.3 Å². The highest BCUT2D eigenvalue weighted by molar-refractivity contribution is 6.91. The summed E-state index contributed by atoms with van der Waals surface area (Å²) in [5, 5.41) is 62.0. The maximum atomic E-state index is 15.1. The first kappa shape index (κ1) is 39.7. The molecule has 1 aromatic heterocycles. The average molecular weight is 788 g/mol. The molecule has 2 fully saturated rings. The number of para-hydroxylation sites is 1. The predicted octanol–water partition coefficient (Wildman–Crippen LogP) is 1.41. The number of fused-ring (bicyclic) bond motifs is 2. The van der Waals surface area contributed by atoms with Gasteiger partial charge in [-0.15, -0.1) is 5.10 Å². The van der Waals surface area contributed by atoms with E-state index in [4.69, 9.17) is 14.2 Å². The molecule has 56 heavy (non-hydrogen) atoms. The number of nitrogens with zero attached hydrogens (tertiary/aromatic N) is 4. The third kappa shape index (κ3) is 7.04. The Morgan fingerprint density at radius 3 is 2.48 bits per heavy atom. The Morgan fingerprint density at radius 2 is 1.75 bits per heavy atom. The highest BCUT2D eigenvalue weighted by Crippen LogP contribution is 2.60. The van der Waals surface area contributed by atoms with Gasteiger partial charge in [-0.05, 0) is 47.9 Å². The van der Waals surface area contributed by atoms with Gasteiger partial charge in [0.15, 0.2) is 18.0 Å².